The second-order valence-electron chi connectivity index (χ2n) is 7.04. The average molecular weight is 255 g/mol. The highest BCUT2D eigenvalue weighted by atomic mass is 15.3. The summed E-state index contributed by atoms with van der Waals surface area (Å²) in [6.07, 6.45) is 2.58. The Labute approximate surface area is 114 Å². The summed E-state index contributed by atoms with van der Waals surface area (Å²) in [5.74, 6) is 0. The van der Waals surface area contributed by atoms with Crippen molar-refractivity contribution in [2.24, 2.45) is 5.41 Å². The number of nitrogens with zero attached hydrogens (tertiary/aromatic N) is 2. The molecule has 1 atom stereocenters. The van der Waals surface area contributed by atoms with Crippen molar-refractivity contribution in [1.29, 1.82) is 0 Å². The molecule has 1 rings (SSSR count). The zero-order chi connectivity index (χ0) is 13.8. The standard InChI is InChI=1S/C15H33N3/c1-7-8-15(4,11-16-5)13-18-10-9-17(6)14(2,3)12-18/h16H,7-13H2,1-6H3. The largest absolute Gasteiger partial charge is 0.319 e. The van der Waals surface area contributed by atoms with Gasteiger partial charge in [-0.05, 0) is 39.8 Å². The summed E-state index contributed by atoms with van der Waals surface area (Å²) >= 11 is 0. The van der Waals surface area contributed by atoms with E-state index in [1.54, 1.807) is 0 Å². The Kier molecular flexibility index (Phi) is 5.63. The van der Waals surface area contributed by atoms with Gasteiger partial charge >= 0.3 is 0 Å². The second-order valence-corrected chi connectivity index (χ2v) is 7.04. The maximum atomic E-state index is 3.38. The van der Waals surface area contributed by atoms with Crippen molar-refractivity contribution >= 4 is 0 Å². The zero-order valence-electron chi connectivity index (χ0n) is 13.3. The van der Waals surface area contributed by atoms with Gasteiger partial charge in [-0.25, -0.2) is 0 Å². The first-order valence-electron chi connectivity index (χ1n) is 7.41. The van der Waals surface area contributed by atoms with Crippen LogP contribution in [0.3, 0.4) is 0 Å². The van der Waals surface area contributed by atoms with Gasteiger partial charge in [-0.2, -0.15) is 0 Å². The molecule has 0 spiro atoms. The van der Waals surface area contributed by atoms with E-state index in [9.17, 15) is 0 Å². The highest BCUT2D eigenvalue weighted by Crippen LogP contribution is 2.27. The highest BCUT2D eigenvalue weighted by molar-refractivity contribution is 4.91. The van der Waals surface area contributed by atoms with Gasteiger partial charge in [-0.15, -0.1) is 0 Å². The first-order valence-corrected chi connectivity index (χ1v) is 7.41. The Hall–Kier alpha value is -0.120. The summed E-state index contributed by atoms with van der Waals surface area (Å²) in [4.78, 5) is 5.14. The van der Waals surface area contributed by atoms with Crippen LogP contribution in [-0.2, 0) is 0 Å². The summed E-state index contributed by atoms with van der Waals surface area (Å²) in [5, 5.41) is 3.38. The lowest BCUT2D eigenvalue weighted by Gasteiger charge is -2.47. The quantitative estimate of drug-likeness (QED) is 0.783. The minimum Gasteiger partial charge on any atom is -0.319 e. The van der Waals surface area contributed by atoms with Gasteiger partial charge in [0, 0.05) is 38.3 Å². The van der Waals surface area contributed by atoms with Crippen LogP contribution >= 0.6 is 0 Å². The van der Waals surface area contributed by atoms with Crippen molar-refractivity contribution in [2.45, 2.75) is 46.1 Å². The van der Waals surface area contributed by atoms with Gasteiger partial charge in [-0.1, -0.05) is 20.3 Å². The van der Waals surface area contributed by atoms with E-state index in [0.717, 1.165) is 6.54 Å². The van der Waals surface area contributed by atoms with Gasteiger partial charge in [-0.3, -0.25) is 9.80 Å². The fraction of sp³-hybridized carbons (Fsp3) is 1.00. The van der Waals surface area contributed by atoms with Gasteiger partial charge < -0.3 is 5.32 Å². The van der Waals surface area contributed by atoms with E-state index in [1.165, 1.54) is 39.0 Å². The third-order valence-electron chi connectivity index (χ3n) is 4.46. The highest BCUT2D eigenvalue weighted by Gasteiger charge is 2.34. The smallest absolute Gasteiger partial charge is 0.0277 e. The molecule has 1 N–H and O–H groups in total. The molecule has 1 fully saturated rings. The minimum absolute atomic E-state index is 0.311. The molecule has 1 aliphatic heterocycles. The van der Waals surface area contributed by atoms with Gasteiger partial charge in [0.15, 0.2) is 0 Å². The number of likely N-dealkylation sites (N-methyl/N-ethyl adjacent to an activating group) is 1. The number of hydrogen-bond acceptors (Lipinski definition) is 3. The van der Waals surface area contributed by atoms with E-state index < -0.39 is 0 Å². The van der Waals surface area contributed by atoms with Crippen molar-refractivity contribution in [3.05, 3.63) is 0 Å². The predicted molar refractivity (Wildman–Crippen MR) is 80.1 cm³/mol. The molecular weight excluding hydrogens is 222 g/mol. The molecule has 1 aliphatic rings. The van der Waals surface area contributed by atoms with E-state index in [1.807, 2.05) is 0 Å². The van der Waals surface area contributed by atoms with E-state index >= 15 is 0 Å². The maximum absolute atomic E-state index is 3.38. The van der Waals surface area contributed by atoms with Crippen molar-refractivity contribution in [1.82, 2.24) is 15.1 Å². The van der Waals surface area contributed by atoms with Crippen LogP contribution in [0, 0.1) is 5.41 Å². The summed E-state index contributed by atoms with van der Waals surface area (Å²) in [7, 11) is 4.32. The minimum atomic E-state index is 0.311. The van der Waals surface area contributed by atoms with Crippen LogP contribution < -0.4 is 5.32 Å². The molecule has 0 saturated carbocycles. The van der Waals surface area contributed by atoms with Crippen molar-refractivity contribution in [2.75, 3.05) is 46.8 Å². The molecule has 0 aromatic heterocycles. The van der Waals surface area contributed by atoms with Gasteiger partial charge in [0.05, 0.1) is 0 Å². The monoisotopic (exact) mass is 255 g/mol. The van der Waals surface area contributed by atoms with Crippen LogP contribution in [0.25, 0.3) is 0 Å². The van der Waals surface area contributed by atoms with E-state index in [-0.39, 0.29) is 0 Å². The average Bonchev–Trinajstić information content (AvgIpc) is 2.23. The van der Waals surface area contributed by atoms with Gasteiger partial charge in [0.1, 0.15) is 0 Å². The summed E-state index contributed by atoms with van der Waals surface area (Å²) < 4.78 is 0. The van der Waals surface area contributed by atoms with E-state index in [4.69, 9.17) is 0 Å². The number of hydrogen-bond donors (Lipinski definition) is 1. The summed E-state index contributed by atoms with van der Waals surface area (Å²) in [5.41, 5.74) is 0.723. The molecule has 0 aromatic rings. The van der Waals surface area contributed by atoms with Crippen LogP contribution in [0.15, 0.2) is 0 Å². The molecule has 18 heavy (non-hydrogen) atoms. The van der Waals surface area contributed by atoms with Gasteiger partial charge in [0.2, 0.25) is 0 Å². The molecule has 0 radical (unpaired) electrons. The van der Waals surface area contributed by atoms with E-state index in [2.05, 4.69) is 56.9 Å². The third kappa shape index (κ3) is 4.22. The van der Waals surface area contributed by atoms with E-state index in [0.29, 0.717) is 11.0 Å². The Bertz CT molecular complexity index is 244. The number of nitrogens with one attached hydrogen (secondary N) is 1. The van der Waals surface area contributed by atoms with Crippen LogP contribution in [0.1, 0.15) is 40.5 Å². The van der Waals surface area contributed by atoms with Crippen LogP contribution in [-0.4, -0.2) is 62.2 Å². The lowest BCUT2D eigenvalue weighted by molar-refractivity contribution is 0.0173. The molecule has 108 valence electrons. The lowest BCUT2D eigenvalue weighted by atomic mass is 9.84. The molecule has 3 heteroatoms. The number of piperazine rings is 1. The Morgan fingerprint density at radius 1 is 1.28 bits per heavy atom. The molecule has 1 unspecified atom stereocenters. The normalized spacial score (nSPS) is 25.0. The van der Waals surface area contributed by atoms with Crippen molar-refractivity contribution in [3.63, 3.8) is 0 Å². The topological polar surface area (TPSA) is 18.5 Å². The Balaban J connectivity index is 2.59. The molecule has 3 nitrogen and oxygen atoms in total. The van der Waals surface area contributed by atoms with Crippen LogP contribution in [0.5, 0.6) is 0 Å². The second kappa shape index (κ2) is 6.36. The molecule has 0 aromatic carbocycles. The first kappa shape index (κ1) is 15.9. The maximum Gasteiger partial charge on any atom is 0.0277 e. The molecule has 1 heterocycles. The molecular formula is C15H33N3. The fourth-order valence-corrected chi connectivity index (χ4v) is 3.27. The summed E-state index contributed by atoms with van der Waals surface area (Å²) in [6.45, 7) is 15.4. The van der Waals surface area contributed by atoms with Crippen molar-refractivity contribution in [3.8, 4) is 0 Å². The first-order chi connectivity index (χ1) is 8.33. The Morgan fingerprint density at radius 3 is 2.44 bits per heavy atom. The van der Waals surface area contributed by atoms with Crippen molar-refractivity contribution < 1.29 is 0 Å². The molecule has 0 amide bonds. The lowest BCUT2D eigenvalue weighted by Crippen LogP contribution is -2.59. The van der Waals surface area contributed by atoms with Gasteiger partial charge in [0.25, 0.3) is 0 Å². The zero-order valence-corrected chi connectivity index (χ0v) is 13.3. The fourth-order valence-electron chi connectivity index (χ4n) is 3.27. The molecule has 1 saturated heterocycles. The molecule has 0 bridgehead atoms. The summed E-state index contributed by atoms with van der Waals surface area (Å²) in [6, 6.07) is 0. The molecule has 0 aliphatic carbocycles. The van der Waals surface area contributed by atoms with Crippen LogP contribution in [0.2, 0.25) is 0 Å². The van der Waals surface area contributed by atoms with Crippen LogP contribution in [0.4, 0.5) is 0 Å². The SMILES string of the molecule is CCCC(C)(CNC)CN1CCN(C)C(C)(C)C1. The third-order valence-corrected chi connectivity index (χ3v) is 4.46. The number of rotatable bonds is 6. The Morgan fingerprint density at radius 2 is 1.94 bits per heavy atom. The predicted octanol–water partition coefficient (Wildman–Crippen LogP) is 2.04.